The Bertz CT molecular complexity index is 1250. The van der Waals surface area contributed by atoms with Gasteiger partial charge in [-0.25, -0.2) is 19.2 Å². The lowest BCUT2D eigenvalue weighted by Gasteiger charge is -2.10. The molecule has 11 heteroatoms. The summed E-state index contributed by atoms with van der Waals surface area (Å²) >= 11 is 0. The Morgan fingerprint density at radius 1 is 1.28 bits per heavy atom. The second-order valence-corrected chi connectivity index (χ2v) is 7.33. The zero-order chi connectivity index (χ0) is 22.8. The lowest BCUT2D eigenvalue weighted by Crippen LogP contribution is -2.31. The van der Waals surface area contributed by atoms with Gasteiger partial charge in [0.05, 0.1) is 24.8 Å². The standard InChI is InChI=1S/C21H22FN5O5/c1-2-31-15(28)11-26-17-16(18(23)29)24-19(13-7-3-4-8-14(13)22)25-20(17)27(21(26)30)10-12-6-5-9-32-12/h3-4,7-8,12H,2,5-6,9-11H2,1H3,(H2,23,29). The maximum Gasteiger partial charge on any atom is 0.331 e. The van der Waals surface area contributed by atoms with Crippen LogP contribution in [0.25, 0.3) is 22.6 Å². The van der Waals surface area contributed by atoms with Crippen LogP contribution < -0.4 is 11.4 Å². The summed E-state index contributed by atoms with van der Waals surface area (Å²) in [5.74, 6) is -2.30. The van der Waals surface area contributed by atoms with Gasteiger partial charge in [-0.15, -0.1) is 0 Å². The normalized spacial score (nSPS) is 15.9. The highest BCUT2D eigenvalue weighted by molar-refractivity contribution is 6.02. The number of ether oxygens (including phenoxy) is 2. The van der Waals surface area contributed by atoms with E-state index in [2.05, 4.69) is 9.97 Å². The number of aromatic nitrogens is 4. The summed E-state index contributed by atoms with van der Waals surface area (Å²) in [4.78, 5) is 46.3. The number of benzene rings is 1. The highest BCUT2D eigenvalue weighted by Crippen LogP contribution is 2.25. The molecule has 2 N–H and O–H groups in total. The van der Waals surface area contributed by atoms with E-state index in [-0.39, 0.29) is 47.5 Å². The minimum atomic E-state index is -0.943. The quantitative estimate of drug-likeness (QED) is 0.544. The molecule has 1 atom stereocenters. The highest BCUT2D eigenvalue weighted by atomic mass is 19.1. The largest absolute Gasteiger partial charge is 0.465 e. The summed E-state index contributed by atoms with van der Waals surface area (Å²) in [5, 5.41) is 0. The van der Waals surface area contributed by atoms with Crippen LogP contribution in [0.4, 0.5) is 4.39 Å². The number of primary amides is 1. The van der Waals surface area contributed by atoms with Crippen molar-refractivity contribution in [2.45, 2.75) is 39.0 Å². The van der Waals surface area contributed by atoms with Crippen molar-refractivity contribution < 1.29 is 23.5 Å². The number of fused-ring (bicyclic) bond motifs is 1. The van der Waals surface area contributed by atoms with E-state index >= 15 is 0 Å². The summed E-state index contributed by atoms with van der Waals surface area (Å²) < 4.78 is 27.4. The third kappa shape index (κ3) is 3.98. The SMILES string of the molecule is CCOC(=O)Cn1c(=O)n(CC2CCCO2)c2nc(-c3ccccc3F)nc(C(N)=O)c21. The molecule has 4 rings (SSSR count). The van der Waals surface area contributed by atoms with Crippen molar-refractivity contribution in [2.75, 3.05) is 13.2 Å². The van der Waals surface area contributed by atoms with Crippen molar-refractivity contribution in [2.24, 2.45) is 5.73 Å². The van der Waals surface area contributed by atoms with Crippen molar-refractivity contribution in [3.05, 3.63) is 46.3 Å². The van der Waals surface area contributed by atoms with Crippen molar-refractivity contribution >= 4 is 23.0 Å². The Balaban J connectivity index is 1.98. The van der Waals surface area contributed by atoms with Crippen molar-refractivity contribution in [3.8, 4) is 11.4 Å². The number of carbonyl (C=O) groups excluding carboxylic acids is 2. The number of nitrogens with two attached hydrogens (primary N) is 1. The number of halogens is 1. The van der Waals surface area contributed by atoms with Crippen molar-refractivity contribution in [1.29, 1.82) is 0 Å². The van der Waals surface area contributed by atoms with E-state index in [1.165, 1.54) is 22.8 Å². The van der Waals surface area contributed by atoms with E-state index in [0.29, 0.717) is 6.61 Å². The Labute approximate surface area is 181 Å². The molecule has 1 aromatic carbocycles. The van der Waals surface area contributed by atoms with Gasteiger partial charge in [-0.1, -0.05) is 12.1 Å². The number of nitrogens with zero attached hydrogens (tertiary/aromatic N) is 4. The van der Waals surface area contributed by atoms with Crippen LogP contribution in [0.5, 0.6) is 0 Å². The Kier molecular flexibility index (Phi) is 5.99. The zero-order valence-electron chi connectivity index (χ0n) is 17.4. The molecule has 1 unspecified atom stereocenters. The monoisotopic (exact) mass is 443 g/mol. The van der Waals surface area contributed by atoms with Gasteiger partial charge in [-0.2, -0.15) is 0 Å². The fourth-order valence-electron chi connectivity index (χ4n) is 3.79. The molecule has 3 aromatic rings. The second kappa shape index (κ2) is 8.87. The number of hydrogen-bond donors (Lipinski definition) is 1. The van der Waals surface area contributed by atoms with Crippen LogP contribution in [0.3, 0.4) is 0 Å². The van der Waals surface area contributed by atoms with Gasteiger partial charge in [0.25, 0.3) is 5.91 Å². The number of hydrogen-bond acceptors (Lipinski definition) is 7. The van der Waals surface area contributed by atoms with E-state index in [1.54, 1.807) is 13.0 Å². The zero-order valence-corrected chi connectivity index (χ0v) is 17.4. The van der Waals surface area contributed by atoms with Gasteiger partial charge in [0.15, 0.2) is 17.2 Å². The van der Waals surface area contributed by atoms with E-state index in [1.807, 2.05) is 0 Å². The molecule has 0 aliphatic carbocycles. The maximum absolute atomic E-state index is 14.4. The average molecular weight is 443 g/mol. The van der Waals surface area contributed by atoms with Gasteiger partial charge < -0.3 is 15.2 Å². The molecule has 10 nitrogen and oxygen atoms in total. The first-order chi connectivity index (χ1) is 15.4. The molecular formula is C21H22FN5O5. The molecule has 168 valence electrons. The molecule has 0 radical (unpaired) electrons. The molecule has 0 spiro atoms. The lowest BCUT2D eigenvalue weighted by molar-refractivity contribution is -0.143. The number of rotatable bonds is 7. The molecule has 0 bridgehead atoms. The van der Waals surface area contributed by atoms with Gasteiger partial charge in [0.2, 0.25) is 0 Å². The summed E-state index contributed by atoms with van der Waals surface area (Å²) in [6.45, 7) is 2.03. The molecule has 32 heavy (non-hydrogen) atoms. The van der Waals surface area contributed by atoms with Crippen LogP contribution in [0.15, 0.2) is 29.1 Å². The lowest BCUT2D eigenvalue weighted by atomic mass is 10.2. The van der Waals surface area contributed by atoms with Crippen LogP contribution in [-0.2, 0) is 27.4 Å². The molecule has 1 saturated heterocycles. The summed E-state index contributed by atoms with van der Waals surface area (Å²) in [7, 11) is 0. The first kappa shape index (κ1) is 21.6. The topological polar surface area (TPSA) is 131 Å². The first-order valence-electron chi connectivity index (χ1n) is 10.2. The Hall–Kier alpha value is -3.60. The van der Waals surface area contributed by atoms with E-state index in [0.717, 1.165) is 17.4 Å². The number of esters is 1. The fourth-order valence-corrected chi connectivity index (χ4v) is 3.79. The third-order valence-corrected chi connectivity index (χ3v) is 5.20. The van der Waals surface area contributed by atoms with E-state index in [9.17, 15) is 18.8 Å². The summed E-state index contributed by atoms with van der Waals surface area (Å²) in [6, 6.07) is 5.80. The van der Waals surface area contributed by atoms with E-state index < -0.39 is 29.9 Å². The predicted octanol–water partition coefficient (Wildman–Crippen LogP) is 1.24. The first-order valence-corrected chi connectivity index (χ1v) is 10.2. The van der Waals surface area contributed by atoms with Crippen LogP contribution >= 0.6 is 0 Å². The predicted molar refractivity (Wildman–Crippen MR) is 111 cm³/mol. The molecule has 1 aliphatic heterocycles. The Morgan fingerprint density at radius 2 is 2.06 bits per heavy atom. The molecular weight excluding hydrogens is 421 g/mol. The van der Waals surface area contributed by atoms with Gasteiger partial charge in [-0.05, 0) is 31.9 Å². The molecule has 2 aromatic heterocycles. The number of imidazole rings is 1. The second-order valence-electron chi connectivity index (χ2n) is 7.33. The van der Waals surface area contributed by atoms with Crippen molar-refractivity contribution in [3.63, 3.8) is 0 Å². The average Bonchev–Trinajstić information content (AvgIpc) is 3.36. The maximum atomic E-state index is 14.4. The van der Waals surface area contributed by atoms with Crippen molar-refractivity contribution in [1.82, 2.24) is 19.1 Å². The van der Waals surface area contributed by atoms with Crippen LogP contribution in [0, 0.1) is 5.82 Å². The number of amides is 1. The van der Waals surface area contributed by atoms with Gasteiger partial charge in [-0.3, -0.25) is 18.7 Å². The molecule has 1 fully saturated rings. The molecule has 1 amide bonds. The van der Waals surface area contributed by atoms with Crippen LogP contribution in [0.1, 0.15) is 30.3 Å². The molecule has 3 heterocycles. The van der Waals surface area contributed by atoms with Crippen LogP contribution in [0.2, 0.25) is 0 Å². The molecule has 1 aliphatic rings. The Morgan fingerprint density at radius 3 is 2.72 bits per heavy atom. The van der Waals surface area contributed by atoms with Gasteiger partial charge >= 0.3 is 11.7 Å². The highest BCUT2D eigenvalue weighted by Gasteiger charge is 2.27. The minimum absolute atomic E-state index is 0.00589. The van der Waals surface area contributed by atoms with Crippen LogP contribution in [-0.4, -0.2) is 50.3 Å². The minimum Gasteiger partial charge on any atom is -0.465 e. The number of carbonyl (C=O) groups is 2. The summed E-state index contributed by atoms with van der Waals surface area (Å²) in [5.41, 5.74) is 4.78. The van der Waals surface area contributed by atoms with Gasteiger partial charge in [0, 0.05) is 6.61 Å². The smallest absolute Gasteiger partial charge is 0.331 e. The van der Waals surface area contributed by atoms with Gasteiger partial charge in [0.1, 0.15) is 17.9 Å². The van der Waals surface area contributed by atoms with E-state index in [4.69, 9.17) is 15.2 Å². The third-order valence-electron chi connectivity index (χ3n) is 5.20. The summed E-state index contributed by atoms with van der Waals surface area (Å²) in [6.07, 6.45) is 1.35. The fraction of sp³-hybridized carbons (Fsp3) is 0.381. The molecule has 0 saturated carbocycles.